The van der Waals surface area contributed by atoms with Crippen molar-refractivity contribution >= 4 is 22.4 Å². The number of hydrogen-bond acceptors (Lipinski definition) is 1. The van der Waals surface area contributed by atoms with Gasteiger partial charge in [0.15, 0.2) is 0 Å². The molecule has 0 N–H and O–H groups in total. The summed E-state index contributed by atoms with van der Waals surface area (Å²) in [4.78, 5) is 14.7. The molecule has 0 saturated carbocycles. The summed E-state index contributed by atoms with van der Waals surface area (Å²) in [7, 11) is 0. The van der Waals surface area contributed by atoms with E-state index < -0.39 is 5.82 Å². The third kappa shape index (κ3) is 2.82. The van der Waals surface area contributed by atoms with Crippen LogP contribution < -0.4 is 4.90 Å². The number of rotatable bonds is 3. The molecule has 3 heteroatoms. The molecule has 0 aliphatic heterocycles. The Balaban J connectivity index is 2.12. The predicted octanol–water partition coefficient (Wildman–Crippen LogP) is 4.95. The summed E-state index contributed by atoms with van der Waals surface area (Å²) in [6.07, 6.45) is 0. The van der Waals surface area contributed by atoms with Crippen LogP contribution in [0.1, 0.15) is 22.8 Å². The highest BCUT2D eigenvalue weighted by Gasteiger charge is 2.20. The zero-order valence-electron chi connectivity index (χ0n) is 13.2. The minimum Gasteiger partial charge on any atom is -0.308 e. The first-order valence-corrected chi connectivity index (χ1v) is 7.67. The molecule has 3 aromatic rings. The number of halogens is 1. The quantitative estimate of drug-likeness (QED) is 0.670. The summed E-state index contributed by atoms with van der Waals surface area (Å²) in [5.41, 5.74) is 2.02. The third-order valence-electron chi connectivity index (χ3n) is 4.05. The number of amides is 1. The van der Waals surface area contributed by atoms with Gasteiger partial charge >= 0.3 is 0 Å². The van der Waals surface area contributed by atoms with Crippen molar-refractivity contribution in [2.75, 3.05) is 11.4 Å². The van der Waals surface area contributed by atoms with Gasteiger partial charge < -0.3 is 4.90 Å². The lowest BCUT2D eigenvalue weighted by atomic mass is 10.0. The number of aryl methyl sites for hydroxylation is 1. The van der Waals surface area contributed by atoms with E-state index in [-0.39, 0.29) is 5.91 Å². The molecule has 0 radical (unpaired) electrons. The average molecular weight is 307 g/mol. The highest BCUT2D eigenvalue weighted by Crippen LogP contribution is 2.28. The van der Waals surface area contributed by atoms with E-state index in [2.05, 4.69) is 0 Å². The number of hydrogen-bond donors (Lipinski definition) is 0. The minimum absolute atomic E-state index is 0.180. The van der Waals surface area contributed by atoms with Gasteiger partial charge in [0.1, 0.15) is 5.82 Å². The van der Waals surface area contributed by atoms with E-state index in [1.54, 1.807) is 11.0 Å². The SMILES string of the molecule is CCN(C(=O)c1cc(F)ccc1C)c1cccc2ccccc12. The summed E-state index contributed by atoms with van der Waals surface area (Å²) >= 11 is 0. The van der Waals surface area contributed by atoms with Crippen molar-refractivity contribution in [3.63, 3.8) is 0 Å². The molecule has 0 fully saturated rings. The van der Waals surface area contributed by atoms with E-state index in [4.69, 9.17) is 0 Å². The highest BCUT2D eigenvalue weighted by atomic mass is 19.1. The van der Waals surface area contributed by atoms with Crippen LogP contribution in [0.3, 0.4) is 0 Å². The van der Waals surface area contributed by atoms with Gasteiger partial charge in [-0.1, -0.05) is 42.5 Å². The Bertz CT molecular complexity index is 867. The maximum Gasteiger partial charge on any atom is 0.258 e. The second-order valence-electron chi connectivity index (χ2n) is 5.51. The Morgan fingerprint density at radius 3 is 2.57 bits per heavy atom. The Morgan fingerprint density at radius 2 is 1.78 bits per heavy atom. The van der Waals surface area contributed by atoms with E-state index in [9.17, 15) is 9.18 Å². The van der Waals surface area contributed by atoms with Crippen LogP contribution in [0.4, 0.5) is 10.1 Å². The van der Waals surface area contributed by atoms with Gasteiger partial charge in [0.05, 0.1) is 5.69 Å². The van der Waals surface area contributed by atoms with E-state index in [0.717, 1.165) is 22.0 Å². The lowest BCUT2D eigenvalue weighted by Gasteiger charge is -2.23. The molecule has 23 heavy (non-hydrogen) atoms. The Morgan fingerprint density at radius 1 is 1.04 bits per heavy atom. The first-order chi connectivity index (χ1) is 11.1. The van der Waals surface area contributed by atoms with Gasteiger partial charge in [-0.25, -0.2) is 4.39 Å². The minimum atomic E-state index is -0.395. The van der Waals surface area contributed by atoms with Crippen LogP contribution in [-0.2, 0) is 0 Å². The maximum absolute atomic E-state index is 13.6. The second kappa shape index (κ2) is 6.21. The zero-order valence-corrected chi connectivity index (χ0v) is 13.2. The number of carbonyl (C=O) groups excluding carboxylic acids is 1. The van der Waals surface area contributed by atoms with Crippen molar-refractivity contribution in [2.45, 2.75) is 13.8 Å². The van der Waals surface area contributed by atoms with Gasteiger partial charge in [0.25, 0.3) is 5.91 Å². The molecule has 0 spiro atoms. The molecule has 3 aromatic carbocycles. The topological polar surface area (TPSA) is 20.3 Å². The predicted molar refractivity (Wildman–Crippen MR) is 92.4 cm³/mol. The Hall–Kier alpha value is -2.68. The van der Waals surface area contributed by atoms with E-state index >= 15 is 0 Å². The summed E-state index contributed by atoms with van der Waals surface area (Å²) in [6.45, 7) is 4.26. The molecular weight excluding hydrogens is 289 g/mol. The number of anilines is 1. The summed E-state index contributed by atoms with van der Waals surface area (Å²) < 4.78 is 13.6. The van der Waals surface area contributed by atoms with Gasteiger partial charge in [-0.15, -0.1) is 0 Å². The monoisotopic (exact) mass is 307 g/mol. The average Bonchev–Trinajstić information content (AvgIpc) is 2.58. The van der Waals surface area contributed by atoms with Crippen LogP contribution in [0.5, 0.6) is 0 Å². The van der Waals surface area contributed by atoms with Crippen molar-refractivity contribution in [2.24, 2.45) is 0 Å². The van der Waals surface area contributed by atoms with Crippen LogP contribution >= 0.6 is 0 Å². The fourth-order valence-electron chi connectivity index (χ4n) is 2.84. The van der Waals surface area contributed by atoms with Crippen molar-refractivity contribution in [3.8, 4) is 0 Å². The molecule has 0 unspecified atom stereocenters. The van der Waals surface area contributed by atoms with Crippen molar-refractivity contribution in [3.05, 3.63) is 77.6 Å². The van der Waals surface area contributed by atoms with Gasteiger partial charge in [0.2, 0.25) is 0 Å². The Kier molecular flexibility index (Phi) is 4.11. The largest absolute Gasteiger partial charge is 0.308 e. The molecule has 0 aliphatic carbocycles. The molecule has 0 saturated heterocycles. The van der Waals surface area contributed by atoms with Gasteiger partial charge in [-0.05, 0) is 43.0 Å². The summed E-state index contributed by atoms with van der Waals surface area (Å²) in [5.74, 6) is -0.575. The molecule has 0 atom stereocenters. The summed E-state index contributed by atoms with van der Waals surface area (Å²) in [6, 6.07) is 18.2. The second-order valence-corrected chi connectivity index (χ2v) is 5.51. The van der Waals surface area contributed by atoms with Gasteiger partial charge in [0, 0.05) is 17.5 Å². The molecule has 0 aliphatic rings. The van der Waals surface area contributed by atoms with E-state index in [1.165, 1.54) is 12.1 Å². The lowest BCUT2D eigenvalue weighted by Crippen LogP contribution is -2.31. The normalized spacial score (nSPS) is 10.7. The Labute approximate surface area is 135 Å². The molecule has 2 nitrogen and oxygen atoms in total. The van der Waals surface area contributed by atoms with Gasteiger partial charge in [-0.2, -0.15) is 0 Å². The van der Waals surface area contributed by atoms with Crippen LogP contribution in [0.25, 0.3) is 10.8 Å². The molecular formula is C20H18FNO. The first kappa shape index (κ1) is 15.2. The van der Waals surface area contributed by atoms with Crippen LogP contribution in [0, 0.1) is 12.7 Å². The highest BCUT2D eigenvalue weighted by molar-refractivity contribution is 6.11. The number of nitrogens with zero attached hydrogens (tertiary/aromatic N) is 1. The standard InChI is InChI=1S/C20H18FNO/c1-3-22(20(23)18-13-16(21)12-11-14(18)2)19-10-6-8-15-7-4-5-9-17(15)19/h4-13H,3H2,1-2H3. The lowest BCUT2D eigenvalue weighted by molar-refractivity contribution is 0.0987. The number of fused-ring (bicyclic) bond motifs is 1. The van der Waals surface area contributed by atoms with Crippen LogP contribution in [0.15, 0.2) is 60.7 Å². The summed E-state index contributed by atoms with van der Waals surface area (Å²) in [5, 5.41) is 2.09. The first-order valence-electron chi connectivity index (χ1n) is 7.67. The van der Waals surface area contributed by atoms with Crippen LogP contribution in [0.2, 0.25) is 0 Å². The number of benzene rings is 3. The fraction of sp³-hybridized carbons (Fsp3) is 0.150. The van der Waals surface area contributed by atoms with Gasteiger partial charge in [-0.3, -0.25) is 4.79 Å². The third-order valence-corrected chi connectivity index (χ3v) is 4.05. The molecule has 0 heterocycles. The van der Waals surface area contributed by atoms with E-state index in [0.29, 0.717) is 12.1 Å². The van der Waals surface area contributed by atoms with Crippen molar-refractivity contribution in [1.29, 1.82) is 0 Å². The molecule has 3 rings (SSSR count). The van der Waals surface area contributed by atoms with Crippen molar-refractivity contribution < 1.29 is 9.18 Å². The number of carbonyl (C=O) groups is 1. The van der Waals surface area contributed by atoms with Crippen molar-refractivity contribution in [1.82, 2.24) is 0 Å². The zero-order chi connectivity index (χ0) is 16.4. The maximum atomic E-state index is 13.6. The molecule has 0 bridgehead atoms. The molecule has 116 valence electrons. The van der Waals surface area contributed by atoms with Crippen LogP contribution in [-0.4, -0.2) is 12.5 Å². The molecule has 1 amide bonds. The molecule has 0 aromatic heterocycles. The van der Waals surface area contributed by atoms with E-state index in [1.807, 2.05) is 56.3 Å². The fourth-order valence-corrected chi connectivity index (χ4v) is 2.84. The smallest absolute Gasteiger partial charge is 0.258 e.